The van der Waals surface area contributed by atoms with Gasteiger partial charge in [0.25, 0.3) is 0 Å². The number of nitrogens with zero attached hydrogens (tertiary/aromatic N) is 1. The average Bonchev–Trinajstić information content (AvgIpc) is 2.89. The Morgan fingerprint density at radius 2 is 2.00 bits per heavy atom. The number of ether oxygens (including phenoxy) is 2. The van der Waals surface area contributed by atoms with Crippen LogP contribution in [-0.2, 0) is 9.53 Å². The first kappa shape index (κ1) is 15.8. The number of hydrogen-bond acceptors (Lipinski definition) is 4. The molecule has 1 heterocycles. The monoisotopic (exact) mass is 293 g/mol. The normalized spacial score (nSPS) is 21.4. The van der Waals surface area contributed by atoms with Gasteiger partial charge in [-0.3, -0.25) is 4.79 Å². The maximum atomic E-state index is 12.2. The molecule has 5 nitrogen and oxygen atoms in total. The third-order valence-electron chi connectivity index (χ3n) is 4.14. The highest BCUT2D eigenvalue weighted by Gasteiger charge is 2.36. The highest BCUT2D eigenvalue weighted by Crippen LogP contribution is 2.30. The van der Waals surface area contributed by atoms with E-state index < -0.39 is 6.10 Å². The molecule has 0 aromatic heterocycles. The van der Waals surface area contributed by atoms with Crippen molar-refractivity contribution >= 4 is 5.91 Å². The molecular weight excluding hydrogens is 270 g/mol. The zero-order valence-corrected chi connectivity index (χ0v) is 12.8. The molecule has 2 rings (SSSR count). The van der Waals surface area contributed by atoms with Crippen LogP contribution in [0.4, 0.5) is 0 Å². The van der Waals surface area contributed by atoms with Crippen LogP contribution >= 0.6 is 0 Å². The van der Waals surface area contributed by atoms with Crippen molar-refractivity contribution in [3.05, 3.63) is 29.8 Å². The second-order valence-electron chi connectivity index (χ2n) is 5.48. The van der Waals surface area contributed by atoms with Gasteiger partial charge < -0.3 is 19.5 Å². The number of hydrogen-bond donors (Lipinski definition) is 1. The summed E-state index contributed by atoms with van der Waals surface area (Å²) in [5, 5.41) is 9.98. The van der Waals surface area contributed by atoms with E-state index in [-0.39, 0.29) is 24.5 Å². The van der Waals surface area contributed by atoms with Gasteiger partial charge in [0.1, 0.15) is 5.75 Å². The molecule has 116 valence electrons. The highest BCUT2D eigenvalue weighted by molar-refractivity contribution is 5.79. The number of likely N-dealkylation sites (tertiary alicyclic amines) is 1. The fraction of sp³-hybridized carbons (Fsp3) is 0.562. The standard InChI is InChI=1S/C16H23NO4/c1-11(12-4-6-14(21-3)7-5-12)17-9-13(8-16(17)19)15(18)10-20-2/h4-7,11,13,15,18H,8-10H2,1-3H3/t11-,13?,15-/m1/s1. The van der Waals surface area contributed by atoms with Crippen molar-refractivity contribution in [1.82, 2.24) is 4.90 Å². The first-order valence-corrected chi connectivity index (χ1v) is 7.17. The number of methoxy groups -OCH3 is 2. The maximum Gasteiger partial charge on any atom is 0.223 e. The highest BCUT2D eigenvalue weighted by atomic mass is 16.5. The third-order valence-corrected chi connectivity index (χ3v) is 4.14. The summed E-state index contributed by atoms with van der Waals surface area (Å²) in [4.78, 5) is 14.0. The van der Waals surface area contributed by atoms with Crippen molar-refractivity contribution < 1.29 is 19.4 Å². The molecule has 1 aliphatic rings. The molecule has 0 aliphatic carbocycles. The quantitative estimate of drug-likeness (QED) is 0.866. The lowest BCUT2D eigenvalue weighted by atomic mass is 10.0. The zero-order valence-electron chi connectivity index (χ0n) is 12.8. The second kappa shape index (κ2) is 6.91. The van der Waals surface area contributed by atoms with Gasteiger partial charge >= 0.3 is 0 Å². The number of aliphatic hydroxyl groups excluding tert-OH is 1. The van der Waals surface area contributed by atoms with E-state index in [0.29, 0.717) is 13.0 Å². The fourth-order valence-corrected chi connectivity index (χ4v) is 2.76. The van der Waals surface area contributed by atoms with Crippen molar-refractivity contribution in [2.45, 2.75) is 25.5 Å². The summed E-state index contributed by atoms with van der Waals surface area (Å²) in [6.07, 6.45) is -0.211. The van der Waals surface area contributed by atoms with E-state index in [2.05, 4.69) is 0 Å². The average molecular weight is 293 g/mol. The zero-order chi connectivity index (χ0) is 15.4. The molecule has 1 aromatic carbocycles. The number of aliphatic hydroxyl groups is 1. The number of carbonyl (C=O) groups is 1. The van der Waals surface area contributed by atoms with Gasteiger partial charge in [0.05, 0.1) is 25.9 Å². The van der Waals surface area contributed by atoms with Crippen LogP contribution < -0.4 is 4.74 Å². The predicted molar refractivity (Wildman–Crippen MR) is 79.1 cm³/mol. The van der Waals surface area contributed by atoms with Crippen molar-refractivity contribution in [2.75, 3.05) is 27.4 Å². The Morgan fingerprint density at radius 1 is 1.33 bits per heavy atom. The van der Waals surface area contributed by atoms with Gasteiger partial charge in [-0.1, -0.05) is 12.1 Å². The van der Waals surface area contributed by atoms with Gasteiger partial charge in [-0.15, -0.1) is 0 Å². The molecule has 0 spiro atoms. The molecule has 0 radical (unpaired) electrons. The largest absolute Gasteiger partial charge is 0.497 e. The van der Waals surface area contributed by atoms with Gasteiger partial charge in [0, 0.05) is 26.0 Å². The summed E-state index contributed by atoms with van der Waals surface area (Å²) in [7, 11) is 3.18. The molecule has 1 N–H and O–H groups in total. The summed E-state index contributed by atoms with van der Waals surface area (Å²) in [6, 6.07) is 7.71. The molecule has 1 unspecified atom stereocenters. The Labute approximate surface area is 125 Å². The van der Waals surface area contributed by atoms with E-state index in [0.717, 1.165) is 11.3 Å². The smallest absolute Gasteiger partial charge is 0.223 e. The third kappa shape index (κ3) is 3.54. The Balaban J connectivity index is 2.04. The minimum atomic E-state index is -0.591. The fourth-order valence-electron chi connectivity index (χ4n) is 2.76. The van der Waals surface area contributed by atoms with Crippen LogP contribution in [0.2, 0.25) is 0 Å². The molecule has 1 aliphatic heterocycles. The van der Waals surface area contributed by atoms with E-state index in [1.54, 1.807) is 14.2 Å². The van der Waals surface area contributed by atoms with E-state index in [1.807, 2.05) is 36.1 Å². The van der Waals surface area contributed by atoms with Crippen LogP contribution in [0.5, 0.6) is 5.75 Å². The van der Waals surface area contributed by atoms with Crippen LogP contribution in [0, 0.1) is 5.92 Å². The summed E-state index contributed by atoms with van der Waals surface area (Å²) in [5.74, 6) is 0.823. The molecule has 1 amide bonds. The maximum absolute atomic E-state index is 12.2. The number of benzene rings is 1. The van der Waals surface area contributed by atoms with Crippen molar-refractivity contribution in [3.8, 4) is 5.75 Å². The van der Waals surface area contributed by atoms with Crippen LogP contribution in [0.15, 0.2) is 24.3 Å². The molecule has 1 aromatic rings. The van der Waals surface area contributed by atoms with Crippen molar-refractivity contribution in [2.24, 2.45) is 5.92 Å². The lowest BCUT2D eigenvalue weighted by Gasteiger charge is -2.26. The lowest BCUT2D eigenvalue weighted by molar-refractivity contribution is -0.129. The predicted octanol–water partition coefficient (Wildman–Crippen LogP) is 1.61. The van der Waals surface area contributed by atoms with Crippen molar-refractivity contribution in [1.29, 1.82) is 0 Å². The van der Waals surface area contributed by atoms with E-state index in [4.69, 9.17) is 9.47 Å². The topological polar surface area (TPSA) is 59.0 Å². The lowest BCUT2D eigenvalue weighted by Crippen LogP contribution is -2.31. The molecular formula is C16H23NO4. The summed E-state index contributed by atoms with van der Waals surface area (Å²) in [5.41, 5.74) is 1.06. The van der Waals surface area contributed by atoms with E-state index in [9.17, 15) is 9.90 Å². The molecule has 21 heavy (non-hydrogen) atoms. The minimum absolute atomic E-state index is 0.0110. The van der Waals surface area contributed by atoms with Gasteiger partial charge in [0.15, 0.2) is 0 Å². The van der Waals surface area contributed by atoms with Crippen LogP contribution in [0.1, 0.15) is 24.9 Å². The van der Waals surface area contributed by atoms with E-state index in [1.165, 1.54) is 0 Å². The molecule has 3 atom stereocenters. The minimum Gasteiger partial charge on any atom is -0.497 e. The van der Waals surface area contributed by atoms with Gasteiger partial charge in [-0.05, 0) is 24.6 Å². The summed E-state index contributed by atoms with van der Waals surface area (Å²) >= 11 is 0. The first-order chi connectivity index (χ1) is 10.1. The Hall–Kier alpha value is -1.59. The second-order valence-corrected chi connectivity index (χ2v) is 5.48. The molecule has 0 bridgehead atoms. The summed E-state index contributed by atoms with van der Waals surface area (Å²) < 4.78 is 10.1. The van der Waals surface area contributed by atoms with Crippen LogP contribution in [0.25, 0.3) is 0 Å². The number of rotatable bonds is 6. The molecule has 1 saturated heterocycles. The molecule has 5 heteroatoms. The SMILES string of the molecule is COC[C@@H](O)C1CC(=O)N([C@H](C)c2ccc(OC)cc2)C1. The number of amides is 1. The number of carbonyl (C=O) groups excluding carboxylic acids is 1. The van der Waals surface area contributed by atoms with E-state index >= 15 is 0 Å². The van der Waals surface area contributed by atoms with Crippen molar-refractivity contribution in [3.63, 3.8) is 0 Å². The molecule has 1 fully saturated rings. The Morgan fingerprint density at radius 3 is 2.57 bits per heavy atom. The van der Waals surface area contributed by atoms with Crippen LogP contribution in [-0.4, -0.2) is 49.4 Å². The van der Waals surface area contributed by atoms with Gasteiger partial charge in [0.2, 0.25) is 5.91 Å². The Bertz CT molecular complexity index is 474. The van der Waals surface area contributed by atoms with Gasteiger partial charge in [-0.2, -0.15) is 0 Å². The van der Waals surface area contributed by atoms with Gasteiger partial charge in [-0.25, -0.2) is 0 Å². The van der Waals surface area contributed by atoms with Crippen LogP contribution in [0.3, 0.4) is 0 Å². The first-order valence-electron chi connectivity index (χ1n) is 7.17. The molecule has 0 saturated carbocycles. The summed E-state index contributed by atoms with van der Waals surface area (Å²) in [6.45, 7) is 2.84. The Kier molecular flexibility index (Phi) is 5.20.